The first-order valence-corrected chi connectivity index (χ1v) is 8.63. The topological polar surface area (TPSA) is 108 Å². The van der Waals surface area contributed by atoms with Gasteiger partial charge in [-0.05, 0) is 12.8 Å². The van der Waals surface area contributed by atoms with Crippen LogP contribution in [0.5, 0.6) is 0 Å². The molecule has 1 atom stereocenters. The molecule has 0 aliphatic heterocycles. The van der Waals surface area contributed by atoms with Crippen LogP contribution in [-0.2, 0) is 19.1 Å². The smallest absolute Gasteiger partial charge is 0.326 e. The van der Waals surface area contributed by atoms with E-state index in [0.29, 0.717) is 18.3 Å². The Balaban J connectivity index is 4.03. The fourth-order valence-corrected chi connectivity index (χ4v) is 2.04. The van der Waals surface area contributed by atoms with E-state index in [9.17, 15) is 9.59 Å². The normalized spacial score (nSPS) is 12.2. The third kappa shape index (κ3) is 12.0. The van der Waals surface area contributed by atoms with Crippen LogP contribution >= 0.6 is 0 Å². The molecule has 7 heteroatoms. The van der Waals surface area contributed by atoms with Gasteiger partial charge in [0.05, 0.1) is 19.6 Å². The van der Waals surface area contributed by atoms with E-state index in [1.165, 1.54) is 0 Å². The van der Waals surface area contributed by atoms with Gasteiger partial charge in [-0.15, -0.1) is 0 Å². The lowest BCUT2D eigenvalue weighted by molar-refractivity contribution is -0.157. The molecule has 0 saturated heterocycles. The fourth-order valence-electron chi connectivity index (χ4n) is 2.04. The third-order valence-corrected chi connectivity index (χ3v) is 3.50. The Hall–Kier alpha value is -1.18. The fraction of sp³-hybridized carbons (Fsp3) is 0.875. The van der Waals surface area contributed by atoms with Crippen LogP contribution in [0, 0.1) is 0 Å². The maximum atomic E-state index is 11.9. The van der Waals surface area contributed by atoms with Gasteiger partial charge in [-0.25, -0.2) is 0 Å². The molecular formula is C16H33N3O4. The monoisotopic (exact) mass is 331 g/mol. The summed E-state index contributed by atoms with van der Waals surface area (Å²) < 4.78 is 10.2. The van der Waals surface area contributed by atoms with Gasteiger partial charge < -0.3 is 9.47 Å². The van der Waals surface area contributed by atoms with E-state index in [2.05, 4.69) is 13.8 Å². The number of esters is 2. The van der Waals surface area contributed by atoms with Crippen molar-refractivity contribution < 1.29 is 19.1 Å². The number of carbonyl (C=O) groups is 2. The first-order chi connectivity index (χ1) is 11.0. The van der Waals surface area contributed by atoms with Crippen molar-refractivity contribution in [1.29, 1.82) is 0 Å². The highest BCUT2D eigenvalue weighted by atomic mass is 16.5. The standard InChI is InChI=1S/C16H33N3O4/c1-3-5-7-9-11-22-15(20)13-14(19(17)18)16(21)23-12-10-8-6-4-2/h14H,3-13,17-18H2,1-2H3/t14-/m0/s1. The molecule has 0 unspecified atom stereocenters. The highest BCUT2D eigenvalue weighted by molar-refractivity contribution is 5.82. The SMILES string of the molecule is CCCCCCOC(=O)C[C@@H](C(=O)OCCCCCC)N(N)N. The van der Waals surface area contributed by atoms with Crippen LogP contribution in [0.15, 0.2) is 0 Å². The van der Waals surface area contributed by atoms with E-state index < -0.39 is 18.0 Å². The lowest BCUT2D eigenvalue weighted by Gasteiger charge is -2.20. The highest BCUT2D eigenvalue weighted by Gasteiger charge is 2.27. The first kappa shape index (κ1) is 21.8. The zero-order valence-electron chi connectivity index (χ0n) is 14.6. The molecule has 0 spiro atoms. The molecule has 23 heavy (non-hydrogen) atoms. The quantitative estimate of drug-likeness (QED) is 0.217. The number of rotatable bonds is 14. The minimum atomic E-state index is -1.01. The second-order valence-electron chi connectivity index (χ2n) is 5.68. The molecule has 0 rings (SSSR count). The number of hydrogen-bond acceptors (Lipinski definition) is 7. The maximum absolute atomic E-state index is 11.9. The van der Waals surface area contributed by atoms with E-state index in [1.54, 1.807) is 0 Å². The van der Waals surface area contributed by atoms with E-state index in [-0.39, 0.29) is 6.42 Å². The van der Waals surface area contributed by atoms with Crippen molar-refractivity contribution >= 4 is 11.9 Å². The second kappa shape index (κ2) is 14.4. The van der Waals surface area contributed by atoms with Gasteiger partial charge in [-0.1, -0.05) is 52.4 Å². The molecule has 0 fully saturated rings. The van der Waals surface area contributed by atoms with Gasteiger partial charge in [-0.3, -0.25) is 21.3 Å². The molecular weight excluding hydrogens is 298 g/mol. The molecule has 0 bridgehead atoms. The van der Waals surface area contributed by atoms with Crippen molar-refractivity contribution in [2.75, 3.05) is 13.2 Å². The predicted octanol–water partition coefficient (Wildman–Crippen LogP) is 2.04. The molecule has 4 N–H and O–H groups in total. The van der Waals surface area contributed by atoms with Gasteiger partial charge in [-0.2, -0.15) is 5.12 Å². The summed E-state index contributed by atoms with van der Waals surface area (Å²) in [6.07, 6.45) is 7.89. The number of hydrogen-bond donors (Lipinski definition) is 2. The minimum Gasteiger partial charge on any atom is -0.466 e. The average molecular weight is 331 g/mol. The van der Waals surface area contributed by atoms with Crippen molar-refractivity contribution in [2.24, 2.45) is 11.7 Å². The van der Waals surface area contributed by atoms with Gasteiger partial charge in [0.25, 0.3) is 0 Å². The largest absolute Gasteiger partial charge is 0.466 e. The Labute approximate surface area is 139 Å². The Morgan fingerprint density at radius 2 is 1.39 bits per heavy atom. The summed E-state index contributed by atoms with van der Waals surface area (Å²) >= 11 is 0. The Bertz CT molecular complexity index is 324. The van der Waals surface area contributed by atoms with Crippen LogP contribution in [0.2, 0.25) is 0 Å². The van der Waals surface area contributed by atoms with Gasteiger partial charge in [0.2, 0.25) is 0 Å². The average Bonchev–Trinajstić information content (AvgIpc) is 2.51. The van der Waals surface area contributed by atoms with E-state index >= 15 is 0 Å². The summed E-state index contributed by atoms with van der Waals surface area (Å²) in [7, 11) is 0. The molecule has 0 saturated carbocycles. The molecule has 0 amide bonds. The van der Waals surface area contributed by atoms with Gasteiger partial charge in [0.1, 0.15) is 6.04 Å². The van der Waals surface area contributed by atoms with E-state index in [0.717, 1.165) is 51.4 Å². The van der Waals surface area contributed by atoms with E-state index in [1.807, 2.05) is 0 Å². The number of nitrogens with two attached hydrogens (primary N) is 2. The summed E-state index contributed by atoms with van der Waals surface area (Å²) in [5.74, 6) is 9.79. The zero-order valence-corrected chi connectivity index (χ0v) is 14.6. The lowest BCUT2D eigenvalue weighted by atomic mass is 10.2. The van der Waals surface area contributed by atoms with Crippen LogP contribution in [0.1, 0.15) is 71.6 Å². The number of unbranched alkanes of at least 4 members (excludes halogenated alkanes) is 6. The lowest BCUT2D eigenvalue weighted by Crippen LogP contribution is -2.52. The molecule has 0 aromatic rings. The van der Waals surface area contributed by atoms with Crippen molar-refractivity contribution in [2.45, 2.75) is 77.7 Å². The summed E-state index contributed by atoms with van der Waals surface area (Å²) in [4.78, 5) is 23.7. The molecule has 0 aromatic heterocycles. The van der Waals surface area contributed by atoms with Crippen LogP contribution in [-0.4, -0.2) is 36.3 Å². The summed E-state index contributed by atoms with van der Waals surface area (Å²) in [6.45, 7) is 4.89. The molecule has 0 aromatic carbocycles. The van der Waals surface area contributed by atoms with Gasteiger partial charge in [0.15, 0.2) is 0 Å². The Morgan fingerprint density at radius 3 is 1.87 bits per heavy atom. The molecule has 0 aliphatic carbocycles. The van der Waals surface area contributed by atoms with Crippen molar-refractivity contribution in [1.82, 2.24) is 5.12 Å². The van der Waals surface area contributed by atoms with Gasteiger partial charge in [0, 0.05) is 0 Å². The first-order valence-electron chi connectivity index (χ1n) is 8.63. The number of hydrazine groups is 2. The maximum Gasteiger partial charge on any atom is 0.326 e. The number of carbonyl (C=O) groups excluding carboxylic acids is 2. The number of nitrogens with zero attached hydrogens (tertiary/aromatic N) is 1. The van der Waals surface area contributed by atoms with Crippen LogP contribution in [0.25, 0.3) is 0 Å². The molecule has 7 nitrogen and oxygen atoms in total. The summed E-state index contributed by atoms with van der Waals surface area (Å²) in [5.41, 5.74) is 0. The predicted molar refractivity (Wildman–Crippen MR) is 88.8 cm³/mol. The summed E-state index contributed by atoms with van der Waals surface area (Å²) in [5, 5.41) is 0.715. The van der Waals surface area contributed by atoms with Crippen LogP contribution < -0.4 is 11.7 Å². The minimum absolute atomic E-state index is 0.200. The van der Waals surface area contributed by atoms with Gasteiger partial charge >= 0.3 is 11.9 Å². The van der Waals surface area contributed by atoms with Crippen molar-refractivity contribution in [3.63, 3.8) is 0 Å². The van der Waals surface area contributed by atoms with Crippen molar-refractivity contribution in [3.8, 4) is 0 Å². The Kier molecular flexibility index (Phi) is 13.7. The third-order valence-electron chi connectivity index (χ3n) is 3.50. The van der Waals surface area contributed by atoms with Crippen LogP contribution in [0.3, 0.4) is 0 Å². The number of ether oxygens (including phenoxy) is 2. The highest BCUT2D eigenvalue weighted by Crippen LogP contribution is 2.06. The second-order valence-corrected chi connectivity index (χ2v) is 5.68. The molecule has 0 radical (unpaired) electrons. The zero-order chi connectivity index (χ0) is 17.5. The summed E-state index contributed by atoms with van der Waals surface area (Å²) in [6, 6.07) is -1.01. The van der Waals surface area contributed by atoms with E-state index in [4.69, 9.17) is 21.2 Å². The Morgan fingerprint density at radius 1 is 0.870 bits per heavy atom. The van der Waals surface area contributed by atoms with Crippen molar-refractivity contribution in [3.05, 3.63) is 0 Å². The molecule has 136 valence electrons. The van der Waals surface area contributed by atoms with Crippen LogP contribution in [0.4, 0.5) is 0 Å². The molecule has 0 heterocycles. The molecule has 0 aliphatic rings.